The van der Waals surface area contributed by atoms with Crippen LogP contribution in [0.1, 0.15) is 35.3 Å². The van der Waals surface area contributed by atoms with Gasteiger partial charge in [0.05, 0.1) is 5.52 Å². The molecule has 1 aromatic carbocycles. The van der Waals surface area contributed by atoms with Crippen LogP contribution >= 0.6 is 11.6 Å². The van der Waals surface area contributed by atoms with Crippen molar-refractivity contribution >= 4 is 34.4 Å². The van der Waals surface area contributed by atoms with Crippen molar-refractivity contribution in [3.8, 4) is 0 Å². The summed E-state index contributed by atoms with van der Waals surface area (Å²) in [5.74, 6) is -0.649. The molecule has 0 aliphatic carbocycles. The summed E-state index contributed by atoms with van der Waals surface area (Å²) in [6.45, 7) is 0.776. The molecular weight excluding hydrogens is 288 g/mol. The Hall–Kier alpha value is -2.01. The van der Waals surface area contributed by atoms with Crippen LogP contribution in [0.5, 0.6) is 0 Å². The standard InChI is InChI=1S/C15H17ClN4O/c16-11-6-5-9-4-2-1-3-7-20-12(8-10(11)13(9)20)14(21)19-15(17)18/h5-6,8H,1-4,7H2,(H4,17,18,19,21). The number of guanidine groups is 1. The Balaban J connectivity index is 2.27. The zero-order chi connectivity index (χ0) is 15.0. The molecule has 1 aromatic heterocycles. The van der Waals surface area contributed by atoms with Crippen LogP contribution in [0.4, 0.5) is 0 Å². The second-order valence-corrected chi connectivity index (χ2v) is 5.71. The summed E-state index contributed by atoms with van der Waals surface area (Å²) in [4.78, 5) is 15.9. The van der Waals surface area contributed by atoms with E-state index in [-0.39, 0.29) is 5.96 Å². The number of amides is 1. The van der Waals surface area contributed by atoms with Gasteiger partial charge in [-0.1, -0.05) is 24.1 Å². The van der Waals surface area contributed by atoms with Gasteiger partial charge in [0.2, 0.25) is 0 Å². The number of nitrogens with zero attached hydrogens (tertiary/aromatic N) is 2. The normalized spacial score (nSPS) is 14.5. The highest BCUT2D eigenvalue weighted by atomic mass is 35.5. The Labute approximate surface area is 127 Å². The van der Waals surface area contributed by atoms with Crippen molar-refractivity contribution in [1.29, 1.82) is 0 Å². The summed E-state index contributed by atoms with van der Waals surface area (Å²) in [6, 6.07) is 5.72. The van der Waals surface area contributed by atoms with E-state index in [9.17, 15) is 4.79 Å². The molecule has 0 radical (unpaired) electrons. The van der Waals surface area contributed by atoms with Gasteiger partial charge in [-0.05, 0) is 37.0 Å². The zero-order valence-corrected chi connectivity index (χ0v) is 12.4. The number of halogens is 1. The van der Waals surface area contributed by atoms with Gasteiger partial charge in [0.15, 0.2) is 5.96 Å². The van der Waals surface area contributed by atoms with E-state index in [2.05, 4.69) is 4.99 Å². The third-order valence-electron chi connectivity index (χ3n) is 3.87. The van der Waals surface area contributed by atoms with Crippen LogP contribution in [0.2, 0.25) is 5.02 Å². The molecule has 1 aliphatic heterocycles. The number of hydrogen-bond donors (Lipinski definition) is 2. The maximum absolute atomic E-state index is 12.2. The number of carbonyl (C=O) groups is 1. The predicted molar refractivity (Wildman–Crippen MR) is 84.6 cm³/mol. The van der Waals surface area contributed by atoms with E-state index in [1.54, 1.807) is 6.07 Å². The first-order valence-electron chi connectivity index (χ1n) is 7.02. The van der Waals surface area contributed by atoms with Crippen LogP contribution in [0, 0.1) is 0 Å². The molecule has 2 heterocycles. The molecule has 0 atom stereocenters. The largest absolute Gasteiger partial charge is 0.370 e. The first-order valence-corrected chi connectivity index (χ1v) is 7.40. The van der Waals surface area contributed by atoms with Gasteiger partial charge in [-0.3, -0.25) is 4.79 Å². The van der Waals surface area contributed by atoms with Gasteiger partial charge >= 0.3 is 0 Å². The Kier molecular flexibility index (Phi) is 3.59. The van der Waals surface area contributed by atoms with Crippen molar-refractivity contribution in [2.45, 2.75) is 32.2 Å². The SMILES string of the molecule is NC(N)=NC(=O)c1cc2c(Cl)ccc3c2n1CCCCC3. The van der Waals surface area contributed by atoms with Crippen molar-refractivity contribution in [2.75, 3.05) is 0 Å². The van der Waals surface area contributed by atoms with Crippen LogP contribution in [0.25, 0.3) is 10.9 Å². The number of hydrogen-bond acceptors (Lipinski definition) is 1. The number of rotatable bonds is 1. The fourth-order valence-electron chi connectivity index (χ4n) is 2.97. The highest BCUT2D eigenvalue weighted by Crippen LogP contribution is 2.32. The molecule has 0 fully saturated rings. The molecule has 110 valence electrons. The maximum atomic E-state index is 12.2. The lowest BCUT2D eigenvalue weighted by Crippen LogP contribution is -2.24. The number of aromatic nitrogens is 1. The predicted octanol–water partition coefficient (Wildman–Crippen LogP) is 2.43. The van der Waals surface area contributed by atoms with Gasteiger partial charge in [-0.2, -0.15) is 4.99 Å². The lowest BCUT2D eigenvalue weighted by molar-refractivity contribution is 0.0994. The minimum Gasteiger partial charge on any atom is -0.370 e. The Bertz CT molecular complexity index is 744. The minimum atomic E-state index is -0.422. The molecule has 0 unspecified atom stereocenters. The van der Waals surface area contributed by atoms with Crippen molar-refractivity contribution in [3.05, 3.63) is 34.5 Å². The Morgan fingerprint density at radius 3 is 2.81 bits per heavy atom. The second-order valence-electron chi connectivity index (χ2n) is 5.30. The fraction of sp³-hybridized carbons (Fsp3) is 0.333. The number of benzene rings is 1. The van der Waals surface area contributed by atoms with Gasteiger partial charge < -0.3 is 16.0 Å². The second kappa shape index (κ2) is 5.41. The van der Waals surface area contributed by atoms with Gasteiger partial charge in [0, 0.05) is 17.0 Å². The average molecular weight is 305 g/mol. The van der Waals surface area contributed by atoms with Gasteiger partial charge in [-0.25, -0.2) is 0 Å². The van der Waals surface area contributed by atoms with Gasteiger partial charge in [0.1, 0.15) is 5.69 Å². The van der Waals surface area contributed by atoms with E-state index in [4.69, 9.17) is 23.1 Å². The summed E-state index contributed by atoms with van der Waals surface area (Å²) in [5, 5.41) is 1.54. The molecule has 21 heavy (non-hydrogen) atoms. The first-order chi connectivity index (χ1) is 10.1. The highest BCUT2D eigenvalue weighted by molar-refractivity contribution is 6.35. The number of aliphatic imine (C=N–C) groups is 1. The number of aryl methyl sites for hydroxylation is 2. The summed E-state index contributed by atoms with van der Waals surface area (Å²) in [6.07, 6.45) is 4.31. The molecule has 1 aliphatic rings. The van der Waals surface area contributed by atoms with Crippen LogP contribution in [0.3, 0.4) is 0 Å². The zero-order valence-electron chi connectivity index (χ0n) is 11.6. The molecule has 0 saturated heterocycles. The van der Waals surface area contributed by atoms with Crippen molar-refractivity contribution in [2.24, 2.45) is 16.5 Å². The fourth-order valence-corrected chi connectivity index (χ4v) is 3.17. The molecule has 4 N–H and O–H groups in total. The van der Waals surface area contributed by atoms with Crippen LogP contribution in [-0.2, 0) is 13.0 Å². The molecular formula is C15H17ClN4O. The van der Waals surface area contributed by atoms with Crippen molar-refractivity contribution < 1.29 is 4.79 Å². The average Bonchev–Trinajstić information content (AvgIpc) is 2.77. The number of carbonyl (C=O) groups excluding carboxylic acids is 1. The van der Waals surface area contributed by atoms with Crippen molar-refractivity contribution in [3.63, 3.8) is 0 Å². The van der Waals surface area contributed by atoms with Gasteiger partial charge in [0.25, 0.3) is 5.91 Å². The van der Waals surface area contributed by atoms with Crippen LogP contribution < -0.4 is 11.5 Å². The molecule has 2 aromatic rings. The van der Waals surface area contributed by atoms with E-state index in [0.29, 0.717) is 10.7 Å². The minimum absolute atomic E-state index is 0.227. The topological polar surface area (TPSA) is 86.4 Å². The third-order valence-corrected chi connectivity index (χ3v) is 4.20. The monoisotopic (exact) mass is 304 g/mol. The molecule has 5 nitrogen and oxygen atoms in total. The Morgan fingerprint density at radius 2 is 2.05 bits per heavy atom. The lowest BCUT2D eigenvalue weighted by atomic mass is 10.0. The van der Waals surface area contributed by atoms with Crippen LogP contribution in [-0.4, -0.2) is 16.4 Å². The highest BCUT2D eigenvalue weighted by Gasteiger charge is 2.20. The van der Waals surface area contributed by atoms with E-state index in [0.717, 1.165) is 43.1 Å². The van der Waals surface area contributed by atoms with E-state index >= 15 is 0 Å². The maximum Gasteiger partial charge on any atom is 0.296 e. The molecule has 0 bridgehead atoms. The van der Waals surface area contributed by atoms with Crippen LogP contribution in [0.15, 0.2) is 23.2 Å². The summed E-state index contributed by atoms with van der Waals surface area (Å²) in [7, 11) is 0. The Morgan fingerprint density at radius 1 is 1.24 bits per heavy atom. The third kappa shape index (κ3) is 2.49. The lowest BCUT2D eigenvalue weighted by Gasteiger charge is -2.15. The van der Waals surface area contributed by atoms with E-state index in [1.807, 2.05) is 16.7 Å². The van der Waals surface area contributed by atoms with E-state index in [1.165, 1.54) is 5.56 Å². The number of nitrogens with two attached hydrogens (primary N) is 2. The summed E-state index contributed by atoms with van der Waals surface area (Å²) in [5.41, 5.74) is 13.4. The summed E-state index contributed by atoms with van der Waals surface area (Å²) < 4.78 is 2.00. The first kappa shape index (κ1) is 13.9. The quantitative estimate of drug-likeness (QED) is 0.626. The van der Waals surface area contributed by atoms with E-state index < -0.39 is 5.91 Å². The summed E-state index contributed by atoms with van der Waals surface area (Å²) >= 11 is 6.29. The molecule has 0 spiro atoms. The van der Waals surface area contributed by atoms with Gasteiger partial charge in [-0.15, -0.1) is 0 Å². The molecule has 0 saturated carbocycles. The smallest absolute Gasteiger partial charge is 0.296 e. The molecule has 1 amide bonds. The molecule has 3 rings (SSSR count). The van der Waals surface area contributed by atoms with Crippen molar-refractivity contribution in [1.82, 2.24) is 4.57 Å². The molecule has 6 heteroatoms.